The van der Waals surface area contributed by atoms with E-state index in [9.17, 15) is 22.0 Å². The normalized spacial score (nSPS) is 12.0. The van der Waals surface area contributed by atoms with E-state index in [1.54, 1.807) is 25.1 Å². The minimum absolute atomic E-state index is 0.0590. The standard InChI is InChI=1S/C19H20F2N2O4S/c1-13-8-10-15(12-17(13)28(25,26)23(2)3)22-18(24)11-9-14-6-4-5-7-16(14)27-19(20)21/h4-12,19H,1-3H3,(H,22,24). The van der Waals surface area contributed by atoms with Crippen LogP contribution in [0.2, 0.25) is 0 Å². The number of nitrogens with one attached hydrogen (secondary N) is 1. The lowest BCUT2D eigenvalue weighted by atomic mass is 10.2. The highest BCUT2D eigenvalue weighted by molar-refractivity contribution is 7.89. The van der Waals surface area contributed by atoms with Crippen molar-refractivity contribution in [2.75, 3.05) is 19.4 Å². The number of ether oxygens (including phenoxy) is 1. The molecule has 0 heterocycles. The number of benzene rings is 2. The highest BCUT2D eigenvalue weighted by atomic mass is 32.2. The average molecular weight is 410 g/mol. The van der Waals surface area contributed by atoms with Crippen LogP contribution in [-0.2, 0) is 14.8 Å². The van der Waals surface area contributed by atoms with Gasteiger partial charge in [-0.15, -0.1) is 0 Å². The number of amides is 1. The molecule has 2 rings (SSSR count). The van der Waals surface area contributed by atoms with Gasteiger partial charge in [0.25, 0.3) is 0 Å². The van der Waals surface area contributed by atoms with Gasteiger partial charge in [-0.2, -0.15) is 8.78 Å². The molecule has 0 fully saturated rings. The van der Waals surface area contributed by atoms with Gasteiger partial charge in [0.05, 0.1) is 4.90 Å². The predicted octanol–water partition coefficient (Wildman–Crippen LogP) is 3.50. The first kappa shape index (κ1) is 21.5. The number of anilines is 1. The first-order chi connectivity index (χ1) is 13.1. The molecule has 0 aliphatic heterocycles. The SMILES string of the molecule is Cc1ccc(NC(=O)C=Cc2ccccc2OC(F)F)cc1S(=O)(=O)N(C)C. The Balaban J connectivity index is 2.20. The number of carbonyl (C=O) groups excluding carboxylic acids is 1. The molecule has 1 N–H and O–H groups in total. The van der Waals surface area contributed by atoms with Crippen LogP contribution in [0.4, 0.5) is 14.5 Å². The summed E-state index contributed by atoms with van der Waals surface area (Å²) in [5, 5.41) is 2.55. The Bertz CT molecular complexity index is 989. The molecule has 6 nitrogen and oxygen atoms in total. The summed E-state index contributed by atoms with van der Waals surface area (Å²) in [7, 11) is -0.825. The van der Waals surface area contributed by atoms with Crippen molar-refractivity contribution in [2.24, 2.45) is 0 Å². The molecular weight excluding hydrogens is 390 g/mol. The number of nitrogens with zero attached hydrogens (tertiary/aromatic N) is 1. The molecule has 0 unspecified atom stereocenters. The molecule has 0 aliphatic rings. The number of rotatable bonds is 7. The molecule has 2 aromatic rings. The Labute approximate surface area is 162 Å². The second-order valence-corrected chi connectivity index (χ2v) is 8.13. The van der Waals surface area contributed by atoms with Gasteiger partial charge in [0.15, 0.2) is 0 Å². The van der Waals surface area contributed by atoms with Crippen molar-refractivity contribution < 1.29 is 26.7 Å². The second-order valence-electron chi connectivity index (χ2n) is 6.01. The highest BCUT2D eigenvalue weighted by Crippen LogP contribution is 2.23. The smallest absolute Gasteiger partial charge is 0.387 e. The van der Waals surface area contributed by atoms with E-state index in [1.165, 1.54) is 44.4 Å². The van der Waals surface area contributed by atoms with Crippen molar-refractivity contribution in [3.63, 3.8) is 0 Å². The molecule has 0 saturated carbocycles. The van der Waals surface area contributed by atoms with Gasteiger partial charge in [0.2, 0.25) is 15.9 Å². The molecule has 0 bridgehead atoms. The molecule has 9 heteroatoms. The molecule has 0 spiro atoms. The van der Waals surface area contributed by atoms with E-state index in [-0.39, 0.29) is 16.3 Å². The number of aryl methyl sites for hydroxylation is 1. The zero-order valence-corrected chi connectivity index (χ0v) is 16.3. The first-order valence-corrected chi connectivity index (χ1v) is 9.61. The average Bonchev–Trinajstić information content (AvgIpc) is 2.62. The summed E-state index contributed by atoms with van der Waals surface area (Å²) in [5.41, 5.74) is 1.14. The maximum absolute atomic E-state index is 12.4. The molecule has 0 saturated heterocycles. The lowest BCUT2D eigenvalue weighted by Crippen LogP contribution is -2.23. The fourth-order valence-corrected chi connectivity index (χ4v) is 3.47. The highest BCUT2D eigenvalue weighted by Gasteiger charge is 2.20. The zero-order chi connectivity index (χ0) is 20.9. The number of sulfonamides is 1. The molecule has 0 atom stereocenters. The van der Waals surface area contributed by atoms with Crippen LogP contribution >= 0.6 is 0 Å². The Hall–Kier alpha value is -2.78. The Kier molecular flexibility index (Phi) is 6.87. The van der Waals surface area contributed by atoms with Crippen LogP contribution in [-0.4, -0.2) is 39.3 Å². The molecule has 0 aliphatic carbocycles. The van der Waals surface area contributed by atoms with Crippen molar-refractivity contribution in [3.05, 3.63) is 59.7 Å². The summed E-state index contributed by atoms with van der Waals surface area (Å²) in [5.74, 6) is -0.611. The molecule has 28 heavy (non-hydrogen) atoms. The molecule has 1 amide bonds. The third-order valence-electron chi connectivity index (χ3n) is 3.76. The van der Waals surface area contributed by atoms with Crippen molar-refractivity contribution in [1.29, 1.82) is 0 Å². The van der Waals surface area contributed by atoms with Gasteiger partial charge in [0.1, 0.15) is 5.75 Å². The Morgan fingerprint density at radius 2 is 1.86 bits per heavy atom. The minimum Gasteiger partial charge on any atom is -0.434 e. The maximum atomic E-state index is 12.4. The largest absolute Gasteiger partial charge is 0.434 e. The molecule has 150 valence electrons. The van der Waals surface area contributed by atoms with E-state index in [1.807, 2.05) is 0 Å². The van der Waals surface area contributed by atoms with Crippen LogP contribution in [0.3, 0.4) is 0 Å². The van der Waals surface area contributed by atoms with Crippen molar-refractivity contribution in [1.82, 2.24) is 4.31 Å². The van der Waals surface area contributed by atoms with Gasteiger partial charge in [-0.1, -0.05) is 24.3 Å². The second kappa shape index (κ2) is 8.94. The quantitative estimate of drug-likeness (QED) is 0.709. The van der Waals surface area contributed by atoms with E-state index >= 15 is 0 Å². The number of carbonyl (C=O) groups is 1. The summed E-state index contributed by atoms with van der Waals surface area (Å²) >= 11 is 0. The summed E-state index contributed by atoms with van der Waals surface area (Å²) in [4.78, 5) is 12.2. The summed E-state index contributed by atoms with van der Waals surface area (Å²) < 4.78 is 55.0. The first-order valence-electron chi connectivity index (χ1n) is 8.17. The van der Waals surface area contributed by atoms with Crippen LogP contribution in [0.15, 0.2) is 53.4 Å². The van der Waals surface area contributed by atoms with Crippen LogP contribution in [0, 0.1) is 6.92 Å². The van der Waals surface area contributed by atoms with Crippen molar-refractivity contribution in [2.45, 2.75) is 18.4 Å². The van der Waals surface area contributed by atoms with E-state index < -0.39 is 22.5 Å². The summed E-state index contributed by atoms with van der Waals surface area (Å²) in [6, 6.07) is 10.6. The van der Waals surface area contributed by atoms with Crippen LogP contribution in [0.5, 0.6) is 5.75 Å². The predicted molar refractivity (Wildman–Crippen MR) is 103 cm³/mol. The minimum atomic E-state index is -3.66. The summed E-state index contributed by atoms with van der Waals surface area (Å²) in [6.07, 6.45) is 2.48. The van der Waals surface area contributed by atoms with Crippen LogP contribution in [0.25, 0.3) is 6.08 Å². The zero-order valence-electron chi connectivity index (χ0n) is 15.5. The van der Waals surface area contributed by atoms with Gasteiger partial charge in [-0.05, 0) is 36.8 Å². The fraction of sp³-hybridized carbons (Fsp3) is 0.211. The molecule has 0 radical (unpaired) electrons. The van der Waals surface area contributed by atoms with Crippen molar-refractivity contribution >= 4 is 27.7 Å². The topological polar surface area (TPSA) is 75.7 Å². The lowest BCUT2D eigenvalue weighted by Gasteiger charge is -2.14. The number of hydrogen-bond donors (Lipinski definition) is 1. The number of para-hydroxylation sites is 1. The molecule has 0 aromatic heterocycles. The van der Waals surface area contributed by atoms with Crippen molar-refractivity contribution in [3.8, 4) is 5.75 Å². The van der Waals surface area contributed by atoms with Gasteiger partial charge in [-0.25, -0.2) is 12.7 Å². The van der Waals surface area contributed by atoms with E-state index in [0.717, 1.165) is 10.4 Å². The maximum Gasteiger partial charge on any atom is 0.387 e. The molecule has 2 aromatic carbocycles. The molecular formula is C19H20F2N2O4S. The van der Waals surface area contributed by atoms with Gasteiger partial charge in [-0.3, -0.25) is 4.79 Å². The fourth-order valence-electron chi connectivity index (χ4n) is 2.32. The number of alkyl halides is 2. The Morgan fingerprint density at radius 3 is 2.50 bits per heavy atom. The van der Waals surface area contributed by atoms with Crippen LogP contribution in [0.1, 0.15) is 11.1 Å². The van der Waals surface area contributed by atoms with Gasteiger partial charge < -0.3 is 10.1 Å². The summed E-state index contributed by atoms with van der Waals surface area (Å²) in [6.45, 7) is -1.32. The third-order valence-corrected chi connectivity index (χ3v) is 5.72. The lowest BCUT2D eigenvalue weighted by molar-refractivity contribution is -0.111. The van der Waals surface area contributed by atoms with E-state index in [4.69, 9.17) is 0 Å². The number of halogens is 2. The van der Waals surface area contributed by atoms with Gasteiger partial charge >= 0.3 is 6.61 Å². The van der Waals surface area contributed by atoms with E-state index in [0.29, 0.717) is 11.1 Å². The van der Waals surface area contributed by atoms with Crippen LogP contribution < -0.4 is 10.1 Å². The third kappa shape index (κ3) is 5.37. The number of hydrogen-bond acceptors (Lipinski definition) is 4. The van der Waals surface area contributed by atoms with Gasteiger partial charge in [0, 0.05) is 31.4 Å². The van der Waals surface area contributed by atoms with E-state index in [2.05, 4.69) is 10.1 Å². The Morgan fingerprint density at radius 1 is 1.18 bits per heavy atom. The monoisotopic (exact) mass is 410 g/mol.